The quantitative estimate of drug-likeness (QED) is 0.850. The summed E-state index contributed by atoms with van der Waals surface area (Å²) in [7, 11) is 0. The summed E-state index contributed by atoms with van der Waals surface area (Å²) in [5.41, 5.74) is 0.0948. The molecule has 0 aromatic carbocycles. The highest BCUT2D eigenvalue weighted by molar-refractivity contribution is 5.74. The van der Waals surface area contributed by atoms with Gasteiger partial charge in [-0.3, -0.25) is 4.68 Å². The van der Waals surface area contributed by atoms with E-state index in [1.165, 1.54) is 6.33 Å². The molecule has 104 valence electrons. The highest BCUT2D eigenvalue weighted by Crippen LogP contribution is 2.36. The molecule has 7 heteroatoms. The molecule has 1 aromatic heterocycles. The molecule has 2 saturated heterocycles. The Hall–Kier alpha value is -1.63. The van der Waals surface area contributed by atoms with Crippen molar-refractivity contribution in [2.45, 2.75) is 31.4 Å². The third kappa shape index (κ3) is 2.70. The molecule has 0 atom stereocenters. The van der Waals surface area contributed by atoms with Crippen LogP contribution in [0.3, 0.4) is 0 Å². The smallest absolute Gasteiger partial charge is 0.317 e. The van der Waals surface area contributed by atoms with E-state index in [2.05, 4.69) is 15.4 Å². The number of ether oxygens (including phenoxy) is 1. The van der Waals surface area contributed by atoms with Gasteiger partial charge in [0.05, 0.1) is 18.8 Å². The first-order chi connectivity index (χ1) is 9.27. The highest BCUT2D eigenvalue weighted by Gasteiger charge is 2.41. The van der Waals surface area contributed by atoms with Gasteiger partial charge in [-0.05, 0) is 19.3 Å². The Morgan fingerprint density at radius 2 is 2.16 bits per heavy atom. The Labute approximate surface area is 111 Å². The summed E-state index contributed by atoms with van der Waals surface area (Å²) >= 11 is 0. The zero-order valence-corrected chi connectivity index (χ0v) is 10.9. The van der Waals surface area contributed by atoms with Gasteiger partial charge in [-0.15, -0.1) is 0 Å². The van der Waals surface area contributed by atoms with Crippen molar-refractivity contribution in [3.05, 3.63) is 12.7 Å². The number of hydrogen-bond donors (Lipinski definition) is 1. The minimum Gasteiger partial charge on any atom is -0.375 e. The first-order valence-corrected chi connectivity index (χ1v) is 6.77. The van der Waals surface area contributed by atoms with Gasteiger partial charge in [0, 0.05) is 19.6 Å². The van der Waals surface area contributed by atoms with Crippen LogP contribution in [-0.4, -0.2) is 57.5 Å². The number of amides is 2. The molecule has 1 N–H and O–H groups in total. The van der Waals surface area contributed by atoms with E-state index in [-0.39, 0.29) is 11.6 Å². The fourth-order valence-electron chi connectivity index (χ4n) is 2.64. The minimum atomic E-state index is 0.00860. The minimum absolute atomic E-state index is 0.00860. The van der Waals surface area contributed by atoms with Crippen molar-refractivity contribution in [1.29, 1.82) is 0 Å². The van der Waals surface area contributed by atoms with Crippen LogP contribution in [0.25, 0.3) is 0 Å². The first-order valence-electron chi connectivity index (χ1n) is 6.77. The number of rotatable bonds is 3. The summed E-state index contributed by atoms with van der Waals surface area (Å²) in [5.74, 6) is 0. The molecule has 0 aliphatic carbocycles. The van der Waals surface area contributed by atoms with E-state index < -0.39 is 0 Å². The van der Waals surface area contributed by atoms with Gasteiger partial charge >= 0.3 is 6.03 Å². The van der Waals surface area contributed by atoms with Crippen molar-refractivity contribution < 1.29 is 9.53 Å². The summed E-state index contributed by atoms with van der Waals surface area (Å²) < 4.78 is 7.34. The van der Waals surface area contributed by atoms with Crippen LogP contribution in [0.2, 0.25) is 0 Å². The number of piperidine rings is 1. The Kier molecular flexibility index (Phi) is 3.37. The van der Waals surface area contributed by atoms with Gasteiger partial charge in [0.25, 0.3) is 0 Å². The number of hydrogen-bond acceptors (Lipinski definition) is 4. The van der Waals surface area contributed by atoms with Crippen LogP contribution in [0.5, 0.6) is 0 Å². The molecule has 2 aliphatic rings. The maximum atomic E-state index is 12.0. The van der Waals surface area contributed by atoms with Crippen LogP contribution in [0, 0.1) is 0 Å². The summed E-state index contributed by atoms with van der Waals surface area (Å²) in [6, 6.07) is 0.00860. The van der Waals surface area contributed by atoms with Crippen molar-refractivity contribution in [2.24, 2.45) is 0 Å². The van der Waals surface area contributed by atoms with Crippen molar-refractivity contribution in [3.63, 3.8) is 0 Å². The van der Waals surface area contributed by atoms with Gasteiger partial charge in [-0.1, -0.05) is 0 Å². The molecule has 0 radical (unpaired) electrons. The van der Waals surface area contributed by atoms with Crippen molar-refractivity contribution in [2.75, 3.05) is 26.2 Å². The molecular formula is C12H19N5O2. The monoisotopic (exact) mass is 265 g/mol. The lowest BCUT2D eigenvalue weighted by Gasteiger charge is -2.47. The lowest BCUT2D eigenvalue weighted by molar-refractivity contribution is -0.169. The Morgan fingerprint density at radius 1 is 1.37 bits per heavy atom. The molecule has 0 bridgehead atoms. The Balaban J connectivity index is 1.39. The molecule has 2 aliphatic heterocycles. The molecule has 1 aromatic rings. The molecule has 0 saturated carbocycles. The van der Waals surface area contributed by atoms with Crippen LogP contribution in [-0.2, 0) is 11.3 Å². The normalized spacial score (nSPS) is 21.2. The van der Waals surface area contributed by atoms with Crippen molar-refractivity contribution in [1.82, 2.24) is 25.0 Å². The van der Waals surface area contributed by atoms with Crippen LogP contribution in [0.4, 0.5) is 4.79 Å². The third-order valence-electron chi connectivity index (χ3n) is 4.01. The highest BCUT2D eigenvalue weighted by atomic mass is 16.5. The Bertz CT molecular complexity index is 419. The number of carbonyl (C=O) groups is 1. The van der Waals surface area contributed by atoms with E-state index in [1.54, 1.807) is 11.0 Å². The second-order valence-corrected chi connectivity index (χ2v) is 5.16. The molecular weight excluding hydrogens is 246 g/mol. The van der Waals surface area contributed by atoms with Gasteiger partial charge in [0.15, 0.2) is 0 Å². The SMILES string of the molecule is O=C(NCCn1cncn1)N1CCC2(CCO2)CC1. The van der Waals surface area contributed by atoms with Crippen LogP contribution >= 0.6 is 0 Å². The average molecular weight is 265 g/mol. The summed E-state index contributed by atoms with van der Waals surface area (Å²) in [6.45, 7) is 3.67. The molecule has 7 nitrogen and oxygen atoms in total. The molecule has 2 amide bonds. The molecule has 3 rings (SSSR count). The second-order valence-electron chi connectivity index (χ2n) is 5.16. The maximum absolute atomic E-state index is 12.0. The van der Waals surface area contributed by atoms with Gasteiger partial charge in [0.2, 0.25) is 0 Å². The lowest BCUT2D eigenvalue weighted by atomic mass is 9.84. The number of likely N-dealkylation sites (tertiary alicyclic amines) is 1. The summed E-state index contributed by atoms with van der Waals surface area (Å²) in [5, 5.41) is 6.90. The molecule has 19 heavy (non-hydrogen) atoms. The molecule has 2 fully saturated rings. The largest absolute Gasteiger partial charge is 0.375 e. The zero-order valence-electron chi connectivity index (χ0n) is 10.9. The molecule has 3 heterocycles. The standard InChI is InChI=1S/C12H19N5O2/c18-11(14-4-7-17-10-13-9-15-17)16-5-1-12(2-6-16)3-8-19-12/h9-10H,1-8H2,(H,14,18). The summed E-state index contributed by atoms with van der Waals surface area (Å²) in [4.78, 5) is 17.7. The number of carbonyl (C=O) groups excluding carboxylic acids is 1. The van der Waals surface area contributed by atoms with E-state index >= 15 is 0 Å². The zero-order chi connectivity index (χ0) is 13.1. The van der Waals surface area contributed by atoms with Crippen LogP contribution < -0.4 is 5.32 Å². The van der Waals surface area contributed by atoms with Crippen LogP contribution in [0.15, 0.2) is 12.7 Å². The van der Waals surface area contributed by atoms with E-state index in [9.17, 15) is 4.79 Å². The molecule has 0 unspecified atom stereocenters. The fourth-order valence-corrected chi connectivity index (χ4v) is 2.64. The predicted octanol–water partition coefficient (Wildman–Crippen LogP) is 0.243. The Morgan fingerprint density at radius 3 is 2.74 bits per heavy atom. The molecule has 1 spiro atoms. The second kappa shape index (κ2) is 5.16. The van der Waals surface area contributed by atoms with E-state index in [0.717, 1.165) is 39.0 Å². The number of nitrogens with one attached hydrogen (secondary N) is 1. The topological polar surface area (TPSA) is 72.3 Å². The van der Waals surface area contributed by atoms with Gasteiger partial charge < -0.3 is 15.0 Å². The van der Waals surface area contributed by atoms with Gasteiger partial charge in [-0.2, -0.15) is 5.10 Å². The van der Waals surface area contributed by atoms with E-state index in [0.29, 0.717) is 13.1 Å². The van der Waals surface area contributed by atoms with Crippen LogP contribution in [0.1, 0.15) is 19.3 Å². The number of nitrogens with zero attached hydrogens (tertiary/aromatic N) is 4. The van der Waals surface area contributed by atoms with Gasteiger partial charge in [0.1, 0.15) is 12.7 Å². The summed E-state index contributed by atoms with van der Waals surface area (Å²) in [6.07, 6.45) is 6.21. The van der Waals surface area contributed by atoms with E-state index in [4.69, 9.17) is 4.74 Å². The lowest BCUT2D eigenvalue weighted by Crippen LogP contribution is -2.55. The number of urea groups is 1. The van der Waals surface area contributed by atoms with Crippen molar-refractivity contribution in [3.8, 4) is 0 Å². The van der Waals surface area contributed by atoms with E-state index in [1.807, 2.05) is 4.90 Å². The third-order valence-corrected chi connectivity index (χ3v) is 4.01. The first kappa shape index (κ1) is 12.4. The fraction of sp³-hybridized carbons (Fsp3) is 0.750. The average Bonchev–Trinajstić information content (AvgIpc) is 2.90. The number of aromatic nitrogens is 3. The maximum Gasteiger partial charge on any atom is 0.317 e. The van der Waals surface area contributed by atoms with Gasteiger partial charge in [-0.25, -0.2) is 9.78 Å². The van der Waals surface area contributed by atoms with Crippen molar-refractivity contribution >= 4 is 6.03 Å². The predicted molar refractivity (Wildman–Crippen MR) is 67.5 cm³/mol.